The van der Waals surface area contributed by atoms with E-state index >= 15 is 0 Å². The maximum absolute atomic E-state index is 4.75. The quantitative estimate of drug-likeness (QED) is 0.641. The van der Waals surface area contributed by atoms with Crippen molar-refractivity contribution in [1.29, 1.82) is 0 Å². The van der Waals surface area contributed by atoms with E-state index in [2.05, 4.69) is 19.2 Å². The van der Waals surface area contributed by atoms with E-state index in [4.69, 9.17) is 4.74 Å². The van der Waals surface area contributed by atoms with E-state index < -0.39 is 0 Å². The van der Waals surface area contributed by atoms with Crippen LogP contribution in [0.3, 0.4) is 0 Å². The Kier molecular flexibility index (Phi) is 11.2. The van der Waals surface area contributed by atoms with Gasteiger partial charge in [0.25, 0.3) is 0 Å². The van der Waals surface area contributed by atoms with Gasteiger partial charge in [0, 0.05) is 13.2 Å². The van der Waals surface area contributed by atoms with Gasteiger partial charge in [0.1, 0.15) is 0 Å². The summed E-state index contributed by atoms with van der Waals surface area (Å²) in [5.41, 5.74) is 0. The van der Waals surface area contributed by atoms with Crippen LogP contribution < -0.4 is 5.32 Å². The summed E-state index contributed by atoms with van der Waals surface area (Å²) in [5.74, 6) is 0. The predicted molar refractivity (Wildman–Crippen MR) is 46.3 cm³/mol. The van der Waals surface area contributed by atoms with Gasteiger partial charge >= 0.3 is 0 Å². The van der Waals surface area contributed by atoms with Gasteiger partial charge in [-0.05, 0) is 20.9 Å². The smallest absolute Gasteiger partial charge is 0.0515 e. The van der Waals surface area contributed by atoms with Gasteiger partial charge in [-0.1, -0.05) is 13.8 Å². The first-order valence-electron chi connectivity index (χ1n) is 3.74. The molecule has 0 unspecified atom stereocenters. The van der Waals surface area contributed by atoms with Gasteiger partial charge in [-0.2, -0.15) is 0 Å². The lowest BCUT2D eigenvalue weighted by Gasteiger charge is -1.95. The second-order valence-electron chi connectivity index (χ2n) is 2.73. The molecule has 0 heterocycles. The Labute approximate surface area is 65.0 Å². The molecule has 0 aromatic heterocycles. The average Bonchev–Trinajstić information content (AvgIpc) is 1.89. The van der Waals surface area contributed by atoms with E-state index in [1.165, 1.54) is 0 Å². The molecule has 64 valence electrons. The molecule has 0 saturated carbocycles. The Morgan fingerprint density at radius 3 is 1.30 bits per heavy atom. The summed E-state index contributed by atoms with van der Waals surface area (Å²) in [6.07, 6.45) is 0.384. The number of ether oxygens (including phenoxy) is 1. The molecule has 0 bridgehead atoms. The molecule has 0 rings (SSSR count). The summed E-state index contributed by atoms with van der Waals surface area (Å²) in [4.78, 5) is 0. The average molecular weight is 147 g/mol. The summed E-state index contributed by atoms with van der Waals surface area (Å²) < 4.78 is 4.75. The van der Waals surface area contributed by atoms with Crippen LogP contribution in [0, 0.1) is 0 Å². The third-order valence-electron chi connectivity index (χ3n) is 1.05. The van der Waals surface area contributed by atoms with Gasteiger partial charge in [0.2, 0.25) is 0 Å². The number of methoxy groups -OCH3 is 1. The minimum Gasteiger partial charge on any atom is -0.382 e. The largest absolute Gasteiger partial charge is 0.382 e. The Morgan fingerprint density at radius 1 is 1.10 bits per heavy atom. The van der Waals surface area contributed by atoms with E-state index in [1.807, 2.05) is 20.9 Å². The Balaban J connectivity index is 0. The van der Waals surface area contributed by atoms with E-state index in [0.717, 1.165) is 0 Å². The van der Waals surface area contributed by atoms with Gasteiger partial charge in [0.05, 0.1) is 6.10 Å². The molecule has 10 heavy (non-hydrogen) atoms. The lowest BCUT2D eigenvalue weighted by molar-refractivity contribution is 0.134. The summed E-state index contributed by atoms with van der Waals surface area (Å²) in [6.45, 7) is 8.22. The van der Waals surface area contributed by atoms with E-state index in [9.17, 15) is 0 Å². The van der Waals surface area contributed by atoms with Crippen molar-refractivity contribution in [3.63, 3.8) is 0 Å². The van der Waals surface area contributed by atoms with Gasteiger partial charge in [-0.15, -0.1) is 0 Å². The van der Waals surface area contributed by atoms with Crippen molar-refractivity contribution in [1.82, 2.24) is 5.32 Å². The highest BCUT2D eigenvalue weighted by molar-refractivity contribution is 4.40. The molecule has 0 aliphatic rings. The van der Waals surface area contributed by atoms with Crippen LogP contribution >= 0.6 is 0 Å². The molecule has 2 heteroatoms. The molecule has 2 nitrogen and oxygen atoms in total. The molecule has 0 radical (unpaired) electrons. The van der Waals surface area contributed by atoms with Crippen LogP contribution in [-0.4, -0.2) is 26.3 Å². The second kappa shape index (κ2) is 8.92. The Morgan fingerprint density at radius 2 is 1.30 bits per heavy atom. The van der Waals surface area contributed by atoms with Crippen molar-refractivity contribution in [2.24, 2.45) is 0 Å². The first-order chi connectivity index (χ1) is 4.54. The SMILES string of the molecule is CNC(C)C.COC(C)C. The monoisotopic (exact) mass is 147 g/mol. The minimum absolute atomic E-state index is 0.384. The fraction of sp³-hybridized carbons (Fsp3) is 1.00. The second-order valence-corrected chi connectivity index (χ2v) is 2.73. The normalized spacial score (nSPS) is 9.60. The lowest BCUT2D eigenvalue weighted by atomic mass is 10.4. The highest BCUT2D eigenvalue weighted by Crippen LogP contribution is 1.77. The zero-order valence-electron chi connectivity index (χ0n) is 8.06. The summed E-state index contributed by atoms with van der Waals surface area (Å²) in [5, 5.41) is 3.03. The highest BCUT2D eigenvalue weighted by atomic mass is 16.5. The molecular formula is C8H21NO. The van der Waals surface area contributed by atoms with E-state index in [0.29, 0.717) is 12.1 Å². The van der Waals surface area contributed by atoms with Crippen molar-refractivity contribution >= 4 is 0 Å². The lowest BCUT2D eigenvalue weighted by Crippen LogP contribution is -2.15. The maximum atomic E-state index is 4.75. The number of rotatable bonds is 2. The predicted octanol–water partition coefficient (Wildman–Crippen LogP) is 1.66. The molecule has 0 aliphatic carbocycles. The fourth-order valence-corrected chi connectivity index (χ4v) is 0. The molecule has 0 aliphatic heterocycles. The molecule has 0 spiro atoms. The van der Waals surface area contributed by atoms with Gasteiger partial charge < -0.3 is 10.1 Å². The Bertz CT molecular complexity index is 45.2. The first-order valence-corrected chi connectivity index (χ1v) is 3.74. The first kappa shape index (κ1) is 12.6. The molecule has 0 fully saturated rings. The van der Waals surface area contributed by atoms with Crippen molar-refractivity contribution in [2.75, 3.05) is 14.2 Å². The maximum Gasteiger partial charge on any atom is 0.0515 e. The molecule has 0 atom stereocenters. The molecule has 0 aromatic rings. The summed E-state index contributed by atoms with van der Waals surface area (Å²) in [7, 11) is 3.65. The standard InChI is InChI=1S/C4H11N.C4H10O/c2*1-4(2)5-3/h4-5H,1-3H3;4H,1-3H3. The van der Waals surface area contributed by atoms with Gasteiger partial charge in [-0.25, -0.2) is 0 Å². The third-order valence-corrected chi connectivity index (χ3v) is 1.05. The van der Waals surface area contributed by atoms with Crippen molar-refractivity contribution < 1.29 is 4.74 Å². The summed E-state index contributed by atoms with van der Waals surface area (Å²) in [6, 6.07) is 0.634. The van der Waals surface area contributed by atoms with Crippen LogP contribution in [0.1, 0.15) is 27.7 Å². The summed E-state index contributed by atoms with van der Waals surface area (Å²) >= 11 is 0. The zero-order valence-corrected chi connectivity index (χ0v) is 8.06. The van der Waals surface area contributed by atoms with Gasteiger partial charge in [-0.3, -0.25) is 0 Å². The van der Waals surface area contributed by atoms with Crippen LogP contribution in [0.5, 0.6) is 0 Å². The van der Waals surface area contributed by atoms with Gasteiger partial charge in [0.15, 0.2) is 0 Å². The topological polar surface area (TPSA) is 21.3 Å². The van der Waals surface area contributed by atoms with Crippen molar-refractivity contribution in [3.8, 4) is 0 Å². The van der Waals surface area contributed by atoms with Crippen LogP contribution in [0.25, 0.3) is 0 Å². The van der Waals surface area contributed by atoms with Crippen molar-refractivity contribution in [3.05, 3.63) is 0 Å². The number of hydrogen-bond donors (Lipinski definition) is 1. The fourth-order valence-electron chi connectivity index (χ4n) is 0. The van der Waals surface area contributed by atoms with E-state index in [1.54, 1.807) is 7.11 Å². The molecule has 0 aromatic carbocycles. The zero-order chi connectivity index (χ0) is 8.57. The molecule has 1 N–H and O–H groups in total. The minimum atomic E-state index is 0.384. The van der Waals surface area contributed by atoms with Crippen molar-refractivity contribution in [2.45, 2.75) is 39.8 Å². The number of hydrogen-bond acceptors (Lipinski definition) is 2. The van der Waals surface area contributed by atoms with Crippen LogP contribution in [-0.2, 0) is 4.74 Å². The molecular weight excluding hydrogens is 126 g/mol. The molecule has 0 saturated heterocycles. The molecule has 0 amide bonds. The number of nitrogens with one attached hydrogen (secondary N) is 1. The van der Waals surface area contributed by atoms with Crippen LogP contribution in [0.2, 0.25) is 0 Å². The van der Waals surface area contributed by atoms with Crippen LogP contribution in [0.4, 0.5) is 0 Å². The highest BCUT2D eigenvalue weighted by Gasteiger charge is 1.78. The third kappa shape index (κ3) is 24.7. The Hall–Kier alpha value is -0.0800. The van der Waals surface area contributed by atoms with Crippen LogP contribution in [0.15, 0.2) is 0 Å². The van der Waals surface area contributed by atoms with E-state index in [-0.39, 0.29) is 0 Å².